The Morgan fingerprint density at radius 1 is 0.339 bits per heavy atom. The lowest BCUT2D eigenvalue weighted by Gasteiger charge is -2.39. The van der Waals surface area contributed by atoms with Crippen molar-refractivity contribution in [3.05, 3.63) is 157 Å². The number of hydrogen-bond donors (Lipinski definition) is 0. The van der Waals surface area contributed by atoms with Gasteiger partial charge in [-0.15, -0.1) is 0 Å². The fourth-order valence-electron chi connectivity index (χ4n) is 7.24. The van der Waals surface area contributed by atoms with Gasteiger partial charge >= 0.3 is 35.8 Å². The van der Waals surface area contributed by atoms with Crippen molar-refractivity contribution in [2.75, 3.05) is 0 Å². The van der Waals surface area contributed by atoms with Gasteiger partial charge in [0.15, 0.2) is 0 Å². The van der Waals surface area contributed by atoms with Crippen LogP contribution in [-0.4, -0.2) is 35.8 Å². The molecule has 59 heavy (non-hydrogen) atoms. The van der Waals surface area contributed by atoms with Crippen LogP contribution in [0.5, 0.6) is 0 Å². The molecular weight excluding hydrogens is 799 g/mol. The summed E-state index contributed by atoms with van der Waals surface area (Å²) in [4.78, 5) is 0. The highest BCUT2D eigenvalue weighted by Gasteiger charge is 2.90. The van der Waals surface area contributed by atoms with Crippen molar-refractivity contribution in [3.63, 3.8) is 0 Å². The zero-order valence-corrected chi connectivity index (χ0v) is 30.3. The van der Waals surface area contributed by atoms with Crippen molar-refractivity contribution in [2.24, 2.45) is 0 Å². The number of hydrogen-bond acceptors (Lipinski definition) is 0. The van der Waals surface area contributed by atoms with Crippen LogP contribution in [0.15, 0.2) is 152 Å². The Bertz CT molecular complexity index is 2610. The Kier molecular flexibility index (Phi) is 10.3. The quantitative estimate of drug-likeness (QED) is 0.114. The van der Waals surface area contributed by atoms with Crippen molar-refractivity contribution in [2.45, 2.75) is 48.6 Å². The molecule has 0 aliphatic heterocycles. The number of aryl methyl sites for hydroxylation is 1. The molecule has 0 aliphatic carbocycles. The molecule has 0 spiro atoms. The van der Waals surface area contributed by atoms with Crippen LogP contribution in [0.2, 0.25) is 0 Å². The van der Waals surface area contributed by atoms with E-state index in [1.165, 1.54) is 24.3 Å². The van der Waals surface area contributed by atoms with Crippen LogP contribution in [-0.2, 0) is 6.42 Å². The van der Waals surface area contributed by atoms with E-state index in [0.29, 0.717) is 11.1 Å². The van der Waals surface area contributed by atoms with E-state index in [2.05, 4.69) is 6.07 Å². The largest absolute Gasteiger partial charge is 0.460 e. The number of halogens is 13. The van der Waals surface area contributed by atoms with Crippen molar-refractivity contribution in [1.82, 2.24) is 0 Å². The van der Waals surface area contributed by atoms with Gasteiger partial charge in [-0.1, -0.05) is 146 Å². The van der Waals surface area contributed by atoms with Gasteiger partial charge in [0.1, 0.15) is 0 Å². The fourth-order valence-corrected chi connectivity index (χ4v) is 7.24. The van der Waals surface area contributed by atoms with E-state index < -0.39 is 48.6 Å². The first kappa shape index (κ1) is 41.3. The molecule has 0 amide bonds. The third-order valence-corrected chi connectivity index (χ3v) is 10.4. The lowest BCUT2D eigenvalue weighted by Crippen LogP contribution is -2.70. The molecular formula is C46H29F13. The molecule has 0 saturated heterocycles. The second-order valence-electron chi connectivity index (χ2n) is 14.0. The van der Waals surface area contributed by atoms with Crippen LogP contribution in [0.25, 0.3) is 66.1 Å². The van der Waals surface area contributed by atoms with Gasteiger partial charge in [-0.05, 0) is 84.1 Å². The summed E-state index contributed by atoms with van der Waals surface area (Å²) >= 11 is 0. The minimum absolute atomic E-state index is 0.174. The van der Waals surface area contributed by atoms with Crippen molar-refractivity contribution < 1.29 is 57.1 Å². The Morgan fingerprint density at radius 2 is 0.797 bits per heavy atom. The van der Waals surface area contributed by atoms with Gasteiger partial charge in [0.25, 0.3) is 0 Å². The molecule has 7 rings (SSSR count). The summed E-state index contributed by atoms with van der Waals surface area (Å²) in [5, 5.41) is 3.56. The third-order valence-electron chi connectivity index (χ3n) is 10.4. The Labute approximate surface area is 328 Å². The summed E-state index contributed by atoms with van der Waals surface area (Å²) in [6.07, 6.45) is -10.9. The van der Waals surface area contributed by atoms with Crippen LogP contribution in [0.4, 0.5) is 57.1 Å². The Balaban J connectivity index is 1.30. The number of fused-ring (bicyclic) bond motifs is 2. The first-order chi connectivity index (χ1) is 27.7. The van der Waals surface area contributed by atoms with E-state index >= 15 is 0 Å². The van der Waals surface area contributed by atoms with Crippen molar-refractivity contribution >= 4 is 21.5 Å². The van der Waals surface area contributed by atoms with Gasteiger partial charge in [0.05, 0.1) is 0 Å². The van der Waals surface area contributed by atoms with Crippen LogP contribution < -0.4 is 0 Å². The maximum atomic E-state index is 14.6. The van der Waals surface area contributed by atoms with Gasteiger partial charge in [-0.25, -0.2) is 0 Å². The summed E-state index contributed by atoms with van der Waals surface area (Å²) in [5.41, 5.74) is 6.43. The molecule has 13 heteroatoms. The predicted molar refractivity (Wildman–Crippen MR) is 202 cm³/mol. The van der Waals surface area contributed by atoms with E-state index in [1.54, 1.807) is 0 Å². The van der Waals surface area contributed by atoms with Crippen LogP contribution in [0, 0.1) is 0 Å². The maximum absolute atomic E-state index is 14.6. The van der Waals surface area contributed by atoms with Crippen molar-refractivity contribution in [3.8, 4) is 44.5 Å². The summed E-state index contributed by atoms with van der Waals surface area (Å²) in [5.74, 6) is -37.0. The van der Waals surface area contributed by atoms with E-state index in [4.69, 9.17) is 0 Å². The first-order valence-electron chi connectivity index (χ1n) is 17.9. The van der Waals surface area contributed by atoms with E-state index in [0.717, 1.165) is 54.9 Å². The molecule has 7 aromatic carbocycles. The molecule has 0 bridgehead atoms. The minimum atomic E-state index is -7.93. The molecule has 0 fully saturated rings. The predicted octanol–water partition coefficient (Wildman–Crippen LogP) is 15.3. The highest BCUT2D eigenvalue weighted by Crippen LogP contribution is 2.61. The molecule has 0 aliphatic rings. The smallest absolute Gasteiger partial charge is 0.200 e. The third kappa shape index (κ3) is 6.87. The van der Waals surface area contributed by atoms with Crippen molar-refractivity contribution in [1.29, 1.82) is 0 Å². The van der Waals surface area contributed by atoms with Crippen LogP contribution in [0.1, 0.15) is 12.0 Å². The lowest BCUT2D eigenvalue weighted by molar-refractivity contribution is -0.440. The Morgan fingerprint density at radius 3 is 1.37 bits per heavy atom. The minimum Gasteiger partial charge on any atom is -0.200 e. The van der Waals surface area contributed by atoms with Gasteiger partial charge in [-0.2, -0.15) is 57.1 Å². The molecule has 0 atom stereocenters. The van der Waals surface area contributed by atoms with Crippen LogP contribution in [0.3, 0.4) is 0 Å². The van der Waals surface area contributed by atoms with Gasteiger partial charge < -0.3 is 0 Å². The topological polar surface area (TPSA) is 0 Å². The van der Waals surface area contributed by atoms with E-state index in [1.807, 2.05) is 121 Å². The first-order valence-corrected chi connectivity index (χ1v) is 17.9. The fraction of sp³-hybridized carbons (Fsp3) is 0.174. The van der Waals surface area contributed by atoms with Gasteiger partial charge in [0.2, 0.25) is 0 Å². The second kappa shape index (κ2) is 14.8. The average Bonchev–Trinajstić information content (AvgIpc) is 3.22. The number of benzene rings is 7. The van der Waals surface area contributed by atoms with Crippen LogP contribution >= 0.6 is 0 Å². The summed E-state index contributed by atoms with van der Waals surface area (Å²) in [6, 6.07) is 46.2. The molecule has 0 aromatic heterocycles. The molecule has 304 valence electrons. The number of rotatable bonds is 11. The molecule has 0 radical (unpaired) electrons. The standard InChI is InChI=1S/C46H29F13/c47-41(48,42(49,50)43(51,52)44(53,54)45(55,56)46(57,58)59)26-25-28-19-21-32(22-20-28)37-27-38(30-13-5-2-6-14-30)40(36-18-10-9-17-35(36)37)39-33-16-8-7-15-31(33)23-24-34(39)29-11-3-1-4-12-29/h1-24,27H,25-26H2. The van der Waals surface area contributed by atoms with E-state index in [-0.39, 0.29) is 5.56 Å². The van der Waals surface area contributed by atoms with Gasteiger partial charge in [-0.3, -0.25) is 0 Å². The summed E-state index contributed by atoms with van der Waals surface area (Å²) in [6.45, 7) is 0. The summed E-state index contributed by atoms with van der Waals surface area (Å²) < 4.78 is 178. The molecule has 7 aromatic rings. The average molecular weight is 829 g/mol. The lowest BCUT2D eigenvalue weighted by atomic mass is 9.81. The molecule has 0 nitrogen and oxygen atoms in total. The highest BCUT2D eigenvalue weighted by atomic mass is 19.4. The molecule has 0 heterocycles. The van der Waals surface area contributed by atoms with Gasteiger partial charge in [0, 0.05) is 6.42 Å². The second-order valence-corrected chi connectivity index (χ2v) is 14.0. The Hall–Kier alpha value is -5.85. The monoisotopic (exact) mass is 828 g/mol. The van der Waals surface area contributed by atoms with E-state index in [9.17, 15) is 57.1 Å². The normalized spacial score (nSPS) is 13.3. The zero-order chi connectivity index (χ0) is 42.6. The molecule has 0 unspecified atom stereocenters. The molecule has 0 saturated carbocycles. The SMILES string of the molecule is FC(F)(F)C(F)(F)C(F)(F)C(F)(F)C(F)(F)C(F)(F)CCc1ccc(-c2cc(-c3ccccc3)c(-c3c(-c4ccccc4)ccc4ccccc34)c3ccccc23)cc1. The highest BCUT2D eigenvalue weighted by molar-refractivity contribution is 6.17. The molecule has 0 N–H and O–H groups in total. The maximum Gasteiger partial charge on any atom is 0.460 e. The zero-order valence-electron chi connectivity index (χ0n) is 30.3. The number of alkyl halides is 13. The summed E-state index contributed by atoms with van der Waals surface area (Å²) in [7, 11) is 0.